The largest absolute Gasteiger partial charge is 0.396 e. The Kier molecular flexibility index (Phi) is 2.77. The number of nitrogens with two attached hydrogens (primary N) is 1. The molecule has 100 valence electrons. The third-order valence-electron chi connectivity index (χ3n) is 3.19. The lowest BCUT2D eigenvalue weighted by molar-refractivity contribution is 0.480. The maximum absolute atomic E-state index is 5.89. The van der Waals surface area contributed by atoms with Crippen LogP contribution in [0.1, 0.15) is 30.8 Å². The summed E-state index contributed by atoms with van der Waals surface area (Å²) in [6.07, 6.45) is 5.63. The summed E-state index contributed by atoms with van der Waals surface area (Å²) in [5.41, 5.74) is 10.7. The number of H-pyrrole nitrogens is 1. The molecule has 2 aromatic rings. The van der Waals surface area contributed by atoms with Gasteiger partial charge in [0.25, 0.3) is 0 Å². The lowest BCUT2D eigenvalue weighted by atomic mass is 10.1. The number of aromatic nitrogens is 4. The number of aromatic amines is 1. The second kappa shape index (κ2) is 4.46. The van der Waals surface area contributed by atoms with Gasteiger partial charge in [-0.25, -0.2) is 0 Å². The number of nitrogen functional groups attached to an aromatic ring is 1. The van der Waals surface area contributed by atoms with Crippen LogP contribution in [0.4, 0.5) is 5.69 Å². The van der Waals surface area contributed by atoms with Crippen LogP contribution in [-0.4, -0.2) is 20.0 Å². The van der Waals surface area contributed by atoms with E-state index in [0.29, 0.717) is 11.6 Å². The molecule has 1 aliphatic rings. The first kappa shape index (κ1) is 11.8. The highest BCUT2D eigenvalue weighted by molar-refractivity contribution is 5.84. The summed E-state index contributed by atoms with van der Waals surface area (Å²) >= 11 is 0. The van der Waals surface area contributed by atoms with Crippen LogP contribution in [0.25, 0.3) is 11.8 Å². The Balaban J connectivity index is 1.99. The Morgan fingerprint density at radius 2 is 2.26 bits per heavy atom. The fourth-order valence-electron chi connectivity index (χ4n) is 2.28. The molecule has 3 heterocycles. The minimum Gasteiger partial charge on any atom is -0.396 e. The number of rotatable bonds is 3. The van der Waals surface area contributed by atoms with Crippen LogP contribution in [0, 0.1) is 5.92 Å². The standard InChI is InChI=1S/C13H18N6/c1-8(2)7-19-12-3-11(13-10(14)6-16-18-13)15-4-9(12)5-17-19/h3,5-6,8,15H,4,7,14H2,1-2H3,(H,16,18). The predicted molar refractivity (Wildman–Crippen MR) is 74.8 cm³/mol. The normalized spacial score (nSPS) is 14.2. The molecule has 0 fully saturated rings. The van der Waals surface area contributed by atoms with Crippen molar-refractivity contribution in [3.8, 4) is 0 Å². The Morgan fingerprint density at radius 3 is 2.95 bits per heavy atom. The van der Waals surface area contributed by atoms with Crippen LogP contribution in [0.2, 0.25) is 0 Å². The molecular weight excluding hydrogens is 240 g/mol. The molecule has 0 bridgehead atoms. The molecule has 2 aromatic heterocycles. The summed E-state index contributed by atoms with van der Waals surface area (Å²) in [5, 5.41) is 14.7. The van der Waals surface area contributed by atoms with E-state index in [2.05, 4.69) is 40.5 Å². The molecule has 0 aromatic carbocycles. The minimum absolute atomic E-state index is 0.563. The molecular formula is C13H18N6. The van der Waals surface area contributed by atoms with Gasteiger partial charge in [0.05, 0.1) is 29.5 Å². The van der Waals surface area contributed by atoms with Crippen LogP contribution in [-0.2, 0) is 13.1 Å². The molecule has 1 aliphatic heterocycles. The van der Waals surface area contributed by atoms with Gasteiger partial charge in [0.15, 0.2) is 0 Å². The third-order valence-corrected chi connectivity index (χ3v) is 3.19. The minimum atomic E-state index is 0.563. The Bertz CT molecular complexity index is 619. The van der Waals surface area contributed by atoms with Crippen molar-refractivity contribution in [1.29, 1.82) is 0 Å². The number of anilines is 1. The van der Waals surface area contributed by atoms with Crippen molar-refractivity contribution >= 4 is 17.5 Å². The molecule has 0 atom stereocenters. The summed E-state index contributed by atoms with van der Waals surface area (Å²) in [5.74, 6) is 0.563. The van der Waals surface area contributed by atoms with E-state index >= 15 is 0 Å². The van der Waals surface area contributed by atoms with Crippen LogP contribution in [0.3, 0.4) is 0 Å². The first-order valence-electron chi connectivity index (χ1n) is 6.44. The summed E-state index contributed by atoms with van der Waals surface area (Å²) in [6.45, 7) is 6.05. The molecule has 0 saturated heterocycles. The van der Waals surface area contributed by atoms with Gasteiger partial charge < -0.3 is 11.1 Å². The van der Waals surface area contributed by atoms with Gasteiger partial charge >= 0.3 is 0 Å². The van der Waals surface area contributed by atoms with Crippen molar-refractivity contribution in [1.82, 2.24) is 25.3 Å². The first-order valence-corrected chi connectivity index (χ1v) is 6.44. The van der Waals surface area contributed by atoms with Gasteiger partial charge in [-0.3, -0.25) is 9.78 Å². The van der Waals surface area contributed by atoms with Crippen LogP contribution in [0.5, 0.6) is 0 Å². The monoisotopic (exact) mass is 258 g/mol. The number of nitrogens with one attached hydrogen (secondary N) is 2. The van der Waals surface area contributed by atoms with Crippen LogP contribution in [0.15, 0.2) is 12.4 Å². The SMILES string of the molecule is CC(C)Cn1ncc2c1C=C(c1[nH]ncc1N)NC2. The van der Waals surface area contributed by atoms with Crippen molar-refractivity contribution < 1.29 is 0 Å². The van der Waals surface area contributed by atoms with E-state index in [1.54, 1.807) is 6.20 Å². The quantitative estimate of drug-likeness (QED) is 0.778. The molecule has 6 nitrogen and oxygen atoms in total. The molecule has 0 amide bonds. The zero-order valence-electron chi connectivity index (χ0n) is 11.1. The molecule has 4 N–H and O–H groups in total. The van der Waals surface area contributed by atoms with Gasteiger partial charge in [0.2, 0.25) is 0 Å². The van der Waals surface area contributed by atoms with Crippen LogP contribution >= 0.6 is 0 Å². The highest BCUT2D eigenvalue weighted by Crippen LogP contribution is 2.25. The highest BCUT2D eigenvalue weighted by atomic mass is 15.3. The maximum Gasteiger partial charge on any atom is 0.104 e. The van der Waals surface area contributed by atoms with E-state index in [-0.39, 0.29) is 0 Å². The van der Waals surface area contributed by atoms with Crippen molar-refractivity contribution in [2.75, 3.05) is 5.73 Å². The lowest BCUT2D eigenvalue weighted by Crippen LogP contribution is -2.19. The van der Waals surface area contributed by atoms with Gasteiger partial charge in [0, 0.05) is 18.7 Å². The summed E-state index contributed by atoms with van der Waals surface area (Å²) in [4.78, 5) is 0. The molecule has 0 aliphatic carbocycles. The molecule has 3 rings (SSSR count). The number of hydrogen-bond donors (Lipinski definition) is 3. The van der Waals surface area contributed by atoms with E-state index in [1.165, 1.54) is 5.56 Å². The smallest absolute Gasteiger partial charge is 0.104 e. The Morgan fingerprint density at radius 1 is 1.42 bits per heavy atom. The maximum atomic E-state index is 5.89. The van der Waals surface area contributed by atoms with Gasteiger partial charge in [0.1, 0.15) is 5.69 Å². The predicted octanol–water partition coefficient (Wildman–Crippen LogP) is 1.45. The fraction of sp³-hybridized carbons (Fsp3) is 0.385. The molecule has 19 heavy (non-hydrogen) atoms. The summed E-state index contributed by atoms with van der Waals surface area (Å²) in [7, 11) is 0. The average molecular weight is 258 g/mol. The molecule has 0 radical (unpaired) electrons. The van der Waals surface area contributed by atoms with E-state index in [0.717, 1.165) is 30.2 Å². The Hall–Kier alpha value is -2.24. The lowest BCUT2D eigenvalue weighted by Gasteiger charge is -2.17. The molecule has 6 heteroatoms. The second-order valence-corrected chi connectivity index (χ2v) is 5.24. The topological polar surface area (TPSA) is 84.5 Å². The summed E-state index contributed by atoms with van der Waals surface area (Å²) < 4.78 is 2.05. The number of nitrogens with zero attached hydrogens (tertiary/aromatic N) is 3. The van der Waals surface area contributed by atoms with E-state index in [1.807, 2.05) is 10.9 Å². The zero-order chi connectivity index (χ0) is 13.4. The number of hydrogen-bond acceptors (Lipinski definition) is 4. The van der Waals surface area contributed by atoms with E-state index < -0.39 is 0 Å². The van der Waals surface area contributed by atoms with Crippen molar-refractivity contribution in [3.05, 3.63) is 29.3 Å². The first-order chi connectivity index (χ1) is 9.15. The average Bonchev–Trinajstić information content (AvgIpc) is 2.95. The zero-order valence-corrected chi connectivity index (χ0v) is 11.1. The van der Waals surface area contributed by atoms with Crippen molar-refractivity contribution in [2.24, 2.45) is 5.92 Å². The Labute approximate surface area is 111 Å². The van der Waals surface area contributed by atoms with Gasteiger partial charge in [-0.05, 0) is 12.0 Å². The fourth-order valence-corrected chi connectivity index (χ4v) is 2.28. The summed E-state index contributed by atoms with van der Waals surface area (Å²) in [6, 6.07) is 0. The van der Waals surface area contributed by atoms with Gasteiger partial charge in [-0.2, -0.15) is 10.2 Å². The molecule has 0 spiro atoms. The van der Waals surface area contributed by atoms with E-state index in [4.69, 9.17) is 5.73 Å². The van der Waals surface area contributed by atoms with Crippen LogP contribution < -0.4 is 11.1 Å². The highest BCUT2D eigenvalue weighted by Gasteiger charge is 2.18. The van der Waals surface area contributed by atoms with E-state index in [9.17, 15) is 0 Å². The van der Waals surface area contributed by atoms with Crippen molar-refractivity contribution in [2.45, 2.75) is 26.9 Å². The third kappa shape index (κ3) is 2.09. The van der Waals surface area contributed by atoms with Crippen molar-refractivity contribution in [3.63, 3.8) is 0 Å². The van der Waals surface area contributed by atoms with Gasteiger partial charge in [-0.1, -0.05) is 13.8 Å². The number of fused-ring (bicyclic) bond motifs is 1. The second-order valence-electron chi connectivity index (χ2n) is 5.24. The molecule has 0 unspecified atom stereocenters. The van der Waals surface area contributed by atoms with Gasteiger partial charge in [-0.15, -0.1) is 0 Å². The molecule has 0 saturated carbocycles.